The van der Waals surface area contributed by atoms with Crippen molar-refractivity contribution in [2.24, 2.45) is 0 Å². The summed E-state index contributed by atoms with van der Waals surface area (Å²) in [6.07, 6.45) is 1.75. The van der Waals surface area contributed by atoms with Crippen molar-refractivity contribution >= 4 is 17.7 Å². The summed E-state index contributed by atoms with van der Waals surface area (Å²) in [6.45, 7) is 1.95. The van der Waals surface area contributed by atoms with E-state index in [0.717, 1.165) is 17.0 Å². The fourth-order valence-electron chi connectivity index (χ4n) is 2.65. The molecule has 1 aromatic heterocycles. The molecule has 2 aromatic carbocycles. The minimum Gasteiger partial charge on any atom is -0.343 e. The van der Waals surface area contributed by atoms with Gasteiger partial charge in [-0.2, -0.15) is 0 Å². The summed E-state index contributed by atoms with van der Waals surface area (Å²) in [5.41, 5.74) is 3.09. The Balaban J connectivity index is 1.69. The van der Waals surface area contributed by atoms with Gasteiger partial charge in [-0.15, -0.1) is 11.8 Å². The van der Waals surface area contributed by atoms with E-state index in [-0.39, 0.29) is 17.2 Å². The molecular weight excluding hydrogens is 340 g/mol. The number of carbonyl (C=O) groups is 1. The number of nitrogens with one attached hydrogen (secondary N) is 1. The van der Waals surface area contributed by atoms with E-state index in [2.05, 4.69) is 22.4 Å². The van der Waals surface area contributed by atoms with Crippen LogP contribution in [0.15, 0.2) is 85.1 Å². The summed E-state index contributed by atoms with van der Waals surface area (Å²) < 4.78 is 0. The Morgan fingerprint density at radius 2 is 1.62 bits per heavy atom. The first-order chi connectivity index (χ1) is 12.7. The quantitative estimate of drug-likeness (QED) is 0.667. The van der Waals surface area contributed by atoms with Gasteiger partial charge in [0.05, 0.1) is 17.0 Å². The molecule has 0 spiro atoms. The van der Waals surface area contributed by atoms with Gasteiger partial charge in [-0.1, -0.05) is 66.7 Å². The lowest BCUT2D eigenvalue weighted by Gasteiger charge is -2.21. The van der Waals surface area contributed by atoms with Crippen LogP contribution in [0.1, 0.15) is 29.8 Å². The number of nitrogens with zero attached hydrogens (tertiary/aromatic N) is 1. The molecule has 2 atom stereocenters. The van der Waals surface area contributed by atoms with Crippen LogP contribution in [-0.4, -0.2) is 16.1 Å². The number of amides is 1. The Labute approximate surface area is 158 Å². The third-order valence-corrected chi connectivity index (χ3v) is 5.33. The average molecular weight is 362 g/mol. The van der Waals surface area contributed by atoms with Gasteiger partial charge in [0.25, 0.3) is 0 Å². The van der Waals surface area contributed by atoms with Crippen molar-refractivity contribution in [1.29, 1.82) is 0 Å². The largest absolute Gasteiger partial charge is 0.343 e. The molecular formula is C22H22N2OS. The normalized spacial score (nSPS) is 13.0. The molecule has 1 N–H and O–H groups in total. The third kappa shape index (κ3) is 4.96. The lowest BCUT2D eigenvalue weighted by Crippen LogP contribution is -2.35. The van der Waals surface area contributed by atoms with E-state index in [1.807, 2.05) is 73.7 Å². The van der Waals surface area contributed by atoms with Crippen molar-refractivity contribution in [2.45, 2.75) is 24.0 Å². The van der Waals surface area contributed by atoms with Gasteiger partial charge in [-0.3, -0.25) is 9.78 Å². The third-order valence-electron chi connectivity index (χ3n) is 4.12. The highest BCUT2D eigenvalue weighted by molar-refractivity contribution is 7.99. The molecule has 2 unspecified atom stereocenters. The SMILES string of the molecule is CC(SCc1ccccc1)C(=O)NC(c1ccccc1)c1ccccn1. The smallest absolute Gasteiger partial charge is 0.233 e. The number of benzene rings is 2. The van der Waals surface area contributed by atoms with E-state index in [1.165, 1.54) is 5.56 Å². The maximum atomic E-state index is 12.8. The monoisotopic (exact) mass is 362 g/mol. The Morgan fingerprint density at radius 3 is 2.27 bits per heavy atom. The molecule has 0 saturated heterocycles. The van der Waals surface area contributed by atoms with Crippen molar-refractivity contribution in [3.63, 3.8) is 0 Å². The molecule has 0 aliphatic heterocycles. The maximum Gasteiger partial charge on any atom is 0.233 e. The number of carbonyl (C=O) groups excluding carboxylic acids is 1. The molecule has 0 radical (unpaired) electrons. The summed E-state index contributed by atoms with van der Waals surface area (Å²) in [4.78, 5) is 17.2. The van der Waals surface area contributed by atoms with E-state index in [4.69, 9.17) is 0 Å². The highest BCUT2D eigenvalue weighted by atomic mass is 32.2. The number of pyridine rings is 1. The van der Waals surface area contributed by atoms with E-state index < -0.39 is 0 Å². The van der Waals surface area contributed by atoms with Crippen LogP contribution in [0, 0.1) is 0 Å². The second-order valence-electron chi connectivity index (χ2n) is 6.05. The molecule has 3 rings (SSSR count). The van der Waals surface area contributed by atoms with Crippen LogP contribution in [0.4, 0.5) is 0 Å². The second-order valence-corrected chi connectivity index (χ2v) is 7.37. The molecule has 4 heteroatoms. The van der Waals surface area contributed by atoms with Crippen LogP contribution in [0.2, 0.25) is 0 Å². The van der Waals surface area contributed by atoms with E-state index in [0.29, 0.717) is 0 Å². The summed E-state index contributed by atoms with van der Waals surface area (Å²) in [5.74, 6) is 0.833. The van der Waals surface area contributed by atoms with Gasteiger partial charge in [0.2, 0.25) is 5.91 Å². The van der Waals surface area contributed by atoms with Crippen molar-refractivity contribution < 1.29 is 4.79 Å². The molecule has 1 heterocycles. The van der Waals surface area contributed by atoms with Crippen LogP contribution >= 0.6 is 11.8 Å². The Bertz CT molecular complexity index is 770. The van der Waals surface area contributed by atoms with Gasteiger partial charge in [0.15, 0.2) is 0 Å². The summed E-state index contributed by atoms with van der Waals surface area (Å²) >= 11 is 1.64. The highest BCUT2D eigenvalue weighted by Gasteiger charge is 2.21. The van der Waals surface area contributed by atoms with Gasteiger partial charge >= 0.3 is 0 Å². The van der Waals surface area contributed by atoms with E-state index in [9.17, 15) is 4.79 Å². The molecule has 0 fully saturated rings. The van der Waals surface area contributed by atoms with Crippen LogP contribution in [0.5, 0.6) is 0 Å². The topological polar surface area (TPSA) is 42.0 Å². The fraction of sp³-hybridized carbons (Fsp3) is 0.182. The Hall–Kier alpha value is -2.59. The first-order valence-corrected chi connectivity index (χ1v) is 9.70. The zero-order valence-corrected chi connectivity index (χ0v) is 15.5. The van der Waals surface area contributed by atoms with E-state index >= 15 is 0 Å². The van der Waals surface area contributed by atoms with Crippen LogP contribution in [0.25, 0.3) is 0 Å². The Morgan fingerprint density at radius 1 is 0.962 bits per heavy atom. The molecule has 0 bridgehead atoms. The minimum absolute atomic E-state index is 0.0189. The lowest BCUT2D eigenvalue weighted by molar-refractivity contribution is -0.120. The predicted octanol–water partition coefficient (Wildman–Crippen LogP) is 4.61. The van der Waals surface area contributed by atoms with Crippen molar-refractivity contribution in [3.05, 3.63) is 102 Å². The number of hydrogen-bond acceptors (Lipinski definition) is 3. The molecule has 0 aliphatic rings. The zero-order valence-electron chi connectivity index (χ0n) is 14.7. The number of thioether (sulfide) groups is 1. The summed E-state index contributed by atoms with van der Waals surface area (Å²) in [5, 5.41) is 3.02. The number of rotatable bonds is 7. The van der Waals surface area contributed by atoms with E-state index in [1.54, 1.807) is 18.0 Å². The first-order valence-electron chi connectivity index (χ1n) is 8.66. The minimum atomic E-state index is -0.246. The average Bonchev–Trinajstić information content (AvgIpc) is 2.72. The number of hydrogen-bond donors (Lipinski definition) is 1. The van der Waals surface area contributed by atoms with Crippen molar-refractivity contribution in [2.75, 3.05) is 0 Å². The molecule has 0 saturated carbocycles. The van der Waals surface area contributed by atoms with Gasteiger partial charge in [-0.05, 0) is 30.2 Å². The number of aromatic nitrogens is 1. The summed E-state index contributed by atoms with van der Waals surface area (Å²) in [6, 6.07) is 25.7. The standard InChI is InChI=1S/C22H22N2OS/c1-17(26-16-18-10-4-2-5-11-18)22(25)24-21(19-12-6-3-7-13-19)20-14-8-9-15-23-20/h2-15,17,21H,16H2,1H3,(H,24,25). The Kier molecular flexibility index (Phi) is 6.45. The molecule has 0 aliphatic carbocycles. The van der Waals surface area contributed by atoms with Crippen LogP contribution in [0.3, 0.4) is 0 Å². The second kappa shape index (κ2) is 9.20. The fourth-order valence-corrected chi connectivity index (χ4v) is 3.51. The molecule has 132 valence electrons. The highest BCUT2D eigenvalue weighted by Crippen LogP contribution is 2.23. The molecule has 1 amide bonds. The first kappa shape index (κ1) is 18.2. The molecule has 3 aromatic rings. The van der Waals surface area contributed by atoms with Crippen LogP contribution < -0.4 is 5.32 Å². The van der Waals surface area contributed by atoms with Gasteiger partial charge in [0, 0.05) is 11.9 Å². The molecule has 3 nitrogen and oxygen atoms in total. The van der Waals surface area contributed by atoms with Gasteiger partial charge in [-0.25, -0.2) is 0 Å². The lowest BCUT2D eigenvalue weighted by atomic mass is 10.0. The van der Waals surface area contributed by atoms with Gasteiger partial charge < -0.3 is 5.32 Å². The summed E-state index contributed by atoms with van der Waals surface area (Å²) in [7, 11) is 0. The zero-order chi connectivity index (χ0) is 18.2. The van der Waals surface area contributed by atoms with Crippen molar-refractivity contribution in [1.82, 2.24) is 10.3 Å². The molecule has 26 heavy (non-hydrogen) atoms. The van der Waals surface area contributed by atoms with Gasteiger partial charge in [0.1, 0.15) is 0 Å². The maximum absolute atomic E-state index is 12.8. The predicted molar refractivity (Wildman–Crippen MR) is 108 cm³/mol. The van der Waals surface area contributed by atoms with Crippen molar-refractivity contribution in [3.8, 4) is 0 Å². The van der Waals surface area contributed by atoms with Crippen LogP contribution in [-0.2, 0) is 10.5 Å².